The molecule has 122 valence electrons. The van der Waals surface area contributed by atoms with E-state index in [-0.39, 0.29) is 11.8 Å². The van der Waals surface area contributed by atoms with Gasteiger partial charge in [0.25, 0.3) is 0 Å². The summed E-state index contributed by atoms with van der Waals surface area (Å²) in [6.45, 7) is 4.05. The van der Waals surface area contributed by atoms with Crippen molar-refractivity contribution in [1.82, 2.24) is 10.6 Å². The van der Waals surface area contributed by atoms with Gasteiger partial charge in [0.15, 0.2) is 11.5 Å². The molecule has 0 bridgehead atoms. The highest BCUT2D eigenvalue weighted by molar-refractivity contribution is 5.87. The van der Waals surface area contributed by atoms with E-state index < -0.39 is 6.04 Å². The van der Waals surface area contributed by atoms with Crippen LogP contribution in [-0.2, 0) is 16.0 Å². The lowest BCUT2D eigenvalue weighted by atomic mass is 10.1. The molecule has 0 saturated carbocycles. The lowest BCUT2D eigenvalue weighted by Gasteiger charge is -2.13. The van der Waals surface area contributed by atoms with Crippen LogP contribution in [0, 0.1) is 0 Å². The van der Waals surface area contributed by atoms with Gasteiger partial charge in [-0.1, -0.05) is 6.07 Å². The number of carbonyl (C=O) groups excluding carboxylic acids is 2. The molecular formula is C16H24N2O4. The number of carbonyl (C=O) groups is 2. The molecule has 2 amide bonds. The van der Waals surface area contributed by atoms with Gasteiger partial charge in [-0.15, -0.1) is 0 Å². The number of methoxy groups -OCH3 is 2. The Balaban J connectivity index is 2.52. The number of likely N-dealkylation sites (N-methyl/N-ethyl adjacent to an activating group) is 1. The van der Waals surface area contributed by atoms with E-state index >= 15 is 0 Å². The van der Waals surface area contributed by atoms with Gasteiger partial charge in [0, 0.05) is 13.0 Å². The zero-order chi connectivity index (χ0) is 16.5. The summed E-state index contributed by atoms with van der Waals surface area (Å²) >= 11 is 0. The molecule has 0 radical (unpaired) electrons. The second-order valence-corrected chi connectivity index (χ2v) is 4.87. The lowest BCUT2D eigenvalue weighted by molar-refractivity contribution is -0.128. The standard InChI is InChI=1S/C16H24N2O4/c1-5-17-16(20)11(2)18-15(19)9-7-12-6-8-13(21-3)14(10-12)22-4/h6,8,10-11H,5,7,9H2,1-4H3,(H,17,20)(H,18,19)/t11-/m0/s1. The van der Waals surface area contributed by atoms with Gasteiger partial charge in [-0.25, -0.2) is 0 Å². The molecule has 0 aliphatic carbocycles. The third-order valence-electron chi connectivity index (χ3n) is 3.21. The predicted octanol–water partition coefficient (Wildman–Crippen LogP) is 1.28. The van der Waals surface area contributed by atoms with Crippen molar-refractivity contribution in [3.05, 3.63) is 23.8 Å². The largest absolute Gasteiger partial charge is 0.493 e. The summed E-state index contributed by atoms with van der Waals surface area (Å²) in [5.74, 6) is 0.951. The maximum absolute atomic E-state index is 11.9. The molecule has 0 aliphatic heterocycles. The Kier molecular flexibility index (Phi) is 7.22. The third kappa shape index (κ3) is 5.27. The van der Waals surface area contributed by atoms with Gasteiger partial charge in [-0.05, 0) is 38.0 Å². The minimum absolute atomic E-state index is 0.159. The van der Waals surface area contributed by atoms with Crippen molar-refractivity contribution >= 4 is 11.8 Å². The van der Waals surface area contributed by atoms with E-state index in [1.165, 1.54) is 0 Å². The third-order valence-corrected chi connectivity index (χ3v) is 3.21. The normalized spacial score (nSPS) is 11.5. The minimum Gasteiger partial charge on any atom is -0.493 e. The van der Waals surface area contributed by atoms with Crippen molar-refractivity contribution in [2.24, 2.45) is 0 Å². The lowest BCUT2D eigenvalue weighted by Crippen LogP contribution is -2.44. The van der Waals surface area contributed by atoms with E-state index in [0.717, 1.165) is 5.56 Å². The fourth-order valence-electron chi connectivity index (χ4n) is 2.00. The highest BCUT2D eigenvalue weighted by atomic mass is 16.5. The highest BCUT2D eigenvalue weighted by Crippen LogP contribution is 2.27. The van der Waals surface area contributed by atoms with E-state index in [1.807, 2.05) is 25.1 Å². The number of aryl methyl sites for hydroxylation is 1. The zero-order valence-corrected chi connectivity index (χ0v) is 13.6. The molecule has 6 nitrogen and oxygen atoms in total. The van der Waals surface area contributed by atoms with E-state index in [9.17, 15) is 9.59 Å². The number of ether oxygens (including phenoxy) is 2. The van der Waals surface area contributed by atoms with Crippen LogP contribution < -0.4 is 20.1 Å². The molecule has 1 atom stereocenters. The number of hydrogen-bond donors (Lipinski definition) is 2. The topological polar surface area (TPSA) is 76.7 Å². The van der Waals surface area contributed by atoms with Crippen LogP contribution in [0.5, 0.6) is 11.5 Å². The van der Waals surface area contributed by atoms with E-state index in [2.05, 4.69) is 10.6 Å². The van der Waals surface area contributed by atoms with Crippen LogP contribution in [-0.4, -0.2) is 38.6 Å². The Morgan fingerprint density at radius 1 is 1.18 bits per heavy atom. The average Bonchev–Trinajstić information content (AvgIpc) is 2.52. The Morgan fingerprint density at radius 2 is 1.86 bits per heavy atom. The van der Waals surface area contributed by atoms with Gasteiger partial charge < -0.3 is 20.1 Å². The van der Waals surface area contributed by atoms with Gasteiger partial charge in [-0.3, -0.25) is 9.59 Å². The number of benzene rings is 1. The predicted molar refractivity (Wildman–Crippen MR) is 84.2 cm³/mol. The fourth-order valence-corrected chi connectivity index (χ4v) is 2.00. The Bertz CT molecular complexity index is 517. The molecule has 22 heavy (non-hydrogen) atoms. The maximum Gasteiger partial charge on any atom is 0.242 e. The number of rotatable bonds is 8. The summed E-state index contributed by atoms with van der Waals surface area (Å²) in [6, 6.07) is 5.02. The number of amides is 2. The summed E-state index contributed by atoms with van der Waals surface area (Å²) in [7, 11) is 3.15. The summed E-state index contributed by atoms with van der Waals surface area (Å²) in [5, 5.41) is 5.35. The molecular weight excluding hydrogens is 284 g/mol. The zero-order valence-electron chi connectivity index (χ0n) is 13.6. The summed E-state index contributed by atoms with van der Waals surface area (Å²) < 4.78 is 10.4. The number of hydrogen-bond acceptors (Lipinski definition) is 4. The van der Waals surface area contributed by atoms with Crippen LogP contribution in [0.15, 0.2) is 18.2 Å². The van der Waals surface area contributed by atoms with Crippen LogP contribution in [0.25, 0.3) is 0 Å². The summed E-state index contributed by atoms with van der Waals surface area (Å²) in [4.78, 5) is 23.4. The van der Waals surface area contributed by atoms with Gasteiger partial charge in [0.2, 0.25) is 11.8 Å². The second-order valence-electron chi connectivity index (χ2n) is 4.87. The van der Waals surface area contributed by atoms with E-state index in [1.54, 1.807) is 21.1 Å². The molecule has 0 heterocycles. The Labute approximate surface area is 131 Å². The first-order valence-corrected chi connectivity index (χ1v) is 7.29. The number of nitrogens with one attached hydrogen (secondary N) is 2. The van der Waals surface area contributed by atoms with Crippen molar-refractivity contribution in [3.63, 3.8) is 0 Å². The summed E-state index contributed by atoms with van der Waals surface area (Å²) in [6.07, 6.45) is 0.869. The molecule has 1 aromatic carbocycles. The molecule has 0 aromatic heterocycles. The second kappa shape index (κ2) is 8.92. The summed E-state index contributed by atoms with van der Waals surface area (Å²) in [5.41, 5.74) is 0.971. The Morgan fingerprint density at radius 3 is 2.45 bits per heavy atom. The molecule has 2 N–H and O–H groups in total. The minimum atomic E-state index is -0.530. The van der Waals surface area contributed by atoms with Crippen LogP contribution in [0.3, 0.4) is 0 Å². The molecule has 0 spiro atoms. The van der Waals surface area contributed by atoms with Crippen molar-refractivity contribution in [3.8, 4) is 11.5 Å². The first-order valence-electron chi connectivity index (χ1n) is 7.29. The monoisotopic (exact) mass is 308 g/mol. The van der Waals surface area contributed by atoms with Crippen LogP contribution in [0.4, 0.5) is 0 Å². The average molecular weight is 308 g/mol. The van der Waals surface area contributed by atoms with Gasteiger partial charge in [0.05, 0.1) is 14.2 Å². The van der Waals surface area contributed by atoms with E-state index in [0.29, 0.717) is 30.9 Å². The highest BCUT2D eigenvalue weighted by Gasteiger charge is 2.14. The molecule has 0 saturated heterocycles. The van der Waals surface area contributed by atoms with E-state index in [4.69, 9.17) is 9.47 Å². The van der Waals surface area contributed by atoms with Crippen LogP contribution in [0.1, 0.15) is 25.8 Å². The van der Waals surface area contributed by atoms with Crippen LogP contribution in [0.2, 0.25) is 0 Å². The molecule has 1 rings (SSSR count). The van der Waals surface area contributed by atoms with Gasteiger partial charge in [0.1, 0.15) is 6.04 Å². The molecule has 0 fully saturated rings. The molecule has 6 heteroatoms. The van der Waals surface area contributed by atoms with Crippen molar-refractivity contribution in [2.45, 2.75) is 32.7 Å². The maximum atomic E-state index is 11.9. The molecule has 0 aliphatic rings. The first-order chi connectivity index (χ1) is 10.5. The van der Waals surface area contributed by atoms with Gasteiger partial charge >= 0.3 is 0 Å². The van der Waals surface area contributed by atoms with Crippen LogP contribution >= 0.6 is 0 Å². The van der Waals surface area contributed by atoms with Crippen molar-refractivity contribution in [2.75, 3.05) is 20.8 Å². The molecule has 1 aromatic rings. The Hall–Kier alpha value is -2.24. The molecule has 0 unspecified atom stereocenters. The van der Waals surface area contributed by atoms with Crippen molar-refractivity contribution < 1.29 is 19.1 Å². The smallest absolute Gasteiger partial charge is 0.242 e. The quantitative estimate of drug-likeness (QED) is 0.758. The first kappa shape index (κ1) is 17.8. The SMILES string of the molecule is CCNC(=O)[C@H](C)NC(=O)CCc1ccc(OC)c(OC)c1. The fraction of sp³-hybridized carbons (Fsp3) is 0.500. The van der Waals surface area contributed by atoms with Gasteiger partial charge in [-0.2, -0.15) is 0 Å². The van der Waals surface area contributed by atoms with Crippen molar-refractivity contribution in [1.29, 1.82) is 0 Å².